The maximum atomic E-state index is 5.54. The molecule has 0 bridgehead atoms. The molecule has 5 aromatic carbocycles. The van der Waals surface area contributed by atoms with Crippen LogP contribution >= 0.6 is 0 Å². The van der Waals surface area contributed by atoms with Crippen molar-refractivity contribution in [3.05, 3.63) is 188 Å². The highest BCUT2D eigenvalue weighted by molar-refractivity contribution is 6.07. The molecular formula is C46H36N6. The lowest BCUT2D eigenvalue weighted by atomic mass is 9.85. The van der Waals surface area contributed by atoms with E-state index in [2.05, 4.69) is 197 Å². The molecule has 0 spiro atoms. The Morgan fingerprint density at radius 1 is 0.596 bits per heavy atom. The monoisotopic (exact) mass is 672 g/mol. The van der Waals surface area contributed by atoms with Crippen molar-refractivity contribution in [3.63, 3.8) is 0 Å². The molecule has 3 heterocycles. The molecule has 10 rings (SSSR count). The molecule has 0 fully saturated rings. The summed E-state index contributed by atoms with van der Waals surface area (Å²) in [4.78, 5) is 18.7. The number of aliphatic imine (C=N–C) groups is 1. The van der Waals surface area contributed by atoms with Crippen molar-refractivity contribution in [2.45, 2.75) is 24.9 Å². The Labute approximate surface area is 302 Å². The molecule has 2 aromatic heterocycles. The van der Waals surface area contributed by atoms with Crippen LogP contribution in [0.1, 0.15) is 25.0 Å². The predicted octanol–water partition coefficient (Wildman–Crippen LogP) is 10.0. The van der Waals surface area contributed by atoms with E-state index in [1.54, 1.807) is 0 Å². The van der Waals surface area contributed by atoms with Crippen molar-refractivity contribution in [2.24, 2.45) is 10.9 Å². The Morgan fingerprint density at radius 3 is 1.77 bits per heavy atom. The van der Waals surface area contributed by atoms with Gasteiger partial charge in [-0.05, 0) is 85.7 Å². The third kappa shape index (κ3) is 4.83. The third-order valence-electron chi connectivity index (χ3n) is 10.6. The number of rotatable bonds is 6. The van der Waals surface area contributed by atoms with Crippen molar-refractivity contribution >= 4 is 44.7 Å². The summed E-state index contributed by atoms with van der Waals surface area (Å²) in [6.45, 7) is 2.30. The first-order chi connectivity index (χ1) is 25.7. The largest absolute Gasteiger partial charge is 0.318 e. The van der Waals surface area contributed by atoms with Gasteiger partial charge in [-0.2, -0.15) is 0 Å². The molecule has 52 heavy (non-hydrogen) atoms. The second-order valence-electron chi connectivity index (χ2n) is 13.9. The highest BCUT2D eigenvalue weighted by Crippen LogP contribution is 2.44. The normalized spacial score (nSPS) is 20.9. The Balaban J connectivity index is 1.22. The van der Waals surface area contributed by atoms with Crippen LogP contribution < -0.4 is 4.90 Å². The van der Waals surface area contributed by atoms with Gasteiger partial charge in [0.2, 0.25) is 0 Å². The topological polar surface area (TPSA) is 51.2 Å². The number of amidine groups is 1. The van der Waals surface area contributed by atoms with Crippen molar-refractivity contribution in [2.75, 3.05) is 4.90 Å². The van der Waals surface area contributed by atoms with Gasteiger partial charge in [0.25, 0.3) is 0 Å². The first-order valence-electron chi connectivity index (χ1n) is 17.9. The highest BCUT2D eigenvalue weighted by atomic mass is 15.3. The van der Waals surface area contributed by atoms with Crippen molar-refractivity contribution in [1.82, 2.24) is 19.1 Å². The third-order valence-corrected chi connectivity index (χ3v) is 10.6. The number of aromatic nitrogens is 4. The second-order valence-corrected chi connectivity index (χ2v) is 13.9. The van der Waals surface area contributed by atoms with Crippen LogP contribution in [0.3, 0.4) is 0 Å². The van der Waals surface area contributed by atoms with Crippen molar-refractivity contribution in [1.29, 1.82) is 0 Å². The second kappa shape index (κ2) is 12.1. The number of allylic oxidation sites excluding steroid dienone is 5. The van der Waals surface area contributed by atoms with Crippen LogP contribution in [0.4, 0.5) is 5.69 Å². The summed E-state index contributed by atoms with van der Waals surface area (Å²) in [5.41, 5.74) is 9.17. The van der Waals surface area contributed by atoms with Crippen LogP contribution in [0, 0.1) is 5.92 Å². The van der Waals surface area contributed by atoms with Crippen LogP contribution in [-0.2, 0) is 0 Å². The molecule has 0 N–H and O–H groups in total. The minimum atomic E-state index is -0.338. The van der Waals surface area contributed by atoms with Crippen LogP contribution in [0.5, 0.6) is 0 Å². The standard InChI is InChI=1S/C46H36N6/c1-46-28-16-15-27-42(46)49-45(52(46)37-21-9-4-10-22-37)34-30-32(43-47-38-23-11-13-25-40(38)50(43)35-17-5-2-6-18-35)29-33(31-34)44-48-39-24-12-14-26-41(39)51(44)36-19-7-3-8-20-36/h2-30,34,42H,31H2,1H3/t34?,42?,46-/m0/s1. The van der Waals surface area contributed by atoms with Crippen molar-refractivity contribution < 1.29 is 0 Å². The van der Waals surface area contributed by atoms with Gasteiger partial charge in [-0.1, -0.05) is 109 Å². The quantitative estimate of drug-likeness (QED) is 0.177. The first-order valence-corrected chi connectivity index (χ1v) is 17.9. The summed E-state index contributed by atoms with van der Waals surface area (Å²) in [6.07, 6.45) is 14.2. The van der Waals surface area contributed by atoms with Gasteiger partial charge in [0.15, 0.2) is 0 Å². The number of anilines is 1. The Hall–Kier alpha value is -6.53. The summed E-state index contributed by atoms with van der Waals surface area (Å²) in [6, 6.07) is 48.6. The summed E-state index contributed by atoms with van der Waals surface area (Å²) in [5.74, 6) is 2.80. The molecule has 0 saturated carbocycles. The fourth-order valence-corrected chi connectivity index (χ4v) is 8.20. The Kier molecular flexibility index (Phi) is 7.03. The van der Waals surface area contributed by atoms with E-state index >= 15 is 0 Å². The summed E-state index contributed by atoms with van der Waals surface area (Å²) < 4.78 is 4.59. The average Bonchev–Trinajstić information content (AvgIpc) is 3.88. The highest BCUT2D eigenvalue weighted by Gasteiger charge is 2.47. The van der Waals surface area contributed by atoms with Crippen LogP contribution in [0.2, 0.25) is 0 Å². The lowest BCUT2D eigenvalue weighted by molar-refractivity contribution is 0.544. The summed E-state index contributed by atoms with van der Waals surface area (Å²) in [7, 11) is 0. The van der Waals surface area contributed by atoms with E-state index in [1.807, 2.05) is 0 Å². The molecule has 7 aromatic rings. The average molecular weight is 673 g/mol. The molecule has 1 aliphatic heterocycles. The number of benzene rings is 5. The van der Waals surface area contributed by atoms with E-state index in [0.29, 0.717) is 0 Å². The fourth-order valence-electron chi connectivity index (χ4n) is 8.20. The SMILES string of the molecule is C[C@]12C=CC=CC1N=C(C1C=C(c3nc4ccccc4n3-c3ccccc3)C=C(c3nc4ccccc4n3-c3ccccc3)C1)N2c1ccccc1. The maximum Gasteiger partial charge on any atom is 0.145 e. The minimum Gasteiger partial charge on any atom is -0.318 e. The lowest BCUT2D eigenvalue weighted by Crippen LogP contribution is -2.51. The number of hydrogen-bond acceptors (Lipinski definition) is 4. The van der Waals surface area contributed by atoms with Gasteiger partial charge in [-0.15, -0.1) is 0 Å². The number of fused-ring (bicyclic) bond motifs is 3. The molecule has 2 aliphatic carbocycles. The van der Waals surface area contributed by atoms with Crippen LogP contribution in [0.15, 0.2) is 181 Å². The van der Waals surface area contributed by atoms with Gasteiger partial charge < -0.3 is 4.90 Å². The van der Waals surface area contributed by atoms with E-state index in [4.69, 9.17) is 15.0 Å². The Bertz CT molecular complexity index is 2620. The molecule has 3 atom stereocenters. The molecule has 3 aliphatic rings. The molecule has 6 nitrogen and oxygen atoms in total. The van der Waals surface area contributed by atoms with Crippen LogP contribution in [0.25, 0.3) is 44.6 Å². The smallest absolute Gasteiger partial charge is 0.145 e. The van der Waals surface area contributed by atoms with Gasteiger partial charge in [-0.25, -0.2) is 9.97 Å². The van der Waals surface area contributed by atoms with E-state index < -0.39 is 0 Å². The number of nitrogens with zero attached hydrogens (tertiary/aromatic N) is 6. The van der Waals surface area contributed by atoms with Crippen molar-refractivity contribution in [3.8, 4) is 11.4 Å². The van der Waals surface area contributed by atoms with Crippen LogP contribution in [-0.4, -0.2) is 36.5 Å². The number of imidazole rings is 2. The first kappa shape index (κ1) is 30.3. The number of hydrogen-bond donors (Lipinski definition) is 0. The maximum absolute atomic E-state index is 5.54. The van der Waals surface area contributed by atoms with Gasteiger partial charge >= 0.3 is 0 Å². The summed E-state index contributed by atoms with van der Waals surface area (Å²) in [5, 5.41) is 0. The molecule has 6 heteroatoms. The molecular weight excluding hydrogens is 637 g/mol. The zero-order valence-corrected chi connectivity index (χ0v) is 28.8. The van der Waals surface area contributed by atoms with E-state index in [0.717, 1.165) is 74.2 Å². The van der Waals surface area contributed by atoms with E-state index in [1.165, 1.54) is 0 Å². The molecule has 0 saturated heterocycles. The zero-order valence-electron chi connectivity index (χ0n) is 28.8. The van der Waals surface area contributed by atoms with Gasteiger partial charge in [-0.3, -0.25) is 14.1 Å². The Morgan fingerprint density at radius 2 is 1.13 bits per heavy atom. The van der Waals surface area contributed by atoms with Gasteiger partial charge in [0.1, 0.15) is 17.5 Å². The van der Waals surface area contributed by atoms with E-state index in [-0.39, 0.29) is 17.5 Å². The minimum absolute atomic E-state index is 0.0123. The van der Waals surface area contributed by atoms with Gasteiger partial charge in [0.05, 0.1) is 33.6 Å². The molecule has 0 radical (unpaired) electrons. The fraction of sp³-hybridized carbons (Fsp3) is 0.109. The van der Waals surface area contributed by atoms with Gasteiger partial charge in [0, 0.05) is 28.6 Å². The lowest BCUT2D eigenvalue weighted by Gasteiger charge is -2.40. The molecule has 0 amide bonds. The van der Waals surface area contributed by atoms with E-state index in [9.17, 15) is 0 Å². The summed E-state index contributed by atoms with van der Waals surface area (Å²) >= 11 is 0. The number of para-hydroxylation sites is 7. The zero-order chi connectivity index (χ0) is 34.6. The predicted molar refractivity (Wildman–Crippen MR) is 213 cm³/mol. The molecule has 2 unspecified atom stereocenters. The molecule has 250 valence electrons.